The first kappa shape index (κ1) is 27.4. The summed E-state index contributed by atoms with van der Waals surface area (Å²) in [5.41, 5.74) is 0.929. The summed E-state index contributed by atoms with van der Waals surface area (Å²) in [6.45, 7) is 4.11. The van der Waals surface area contributed by atoms with Crippen molar-refractivity contribution in [1.82, 2.24) is 15.5 Å². The maximum atomic E-state index is 13.1. The molecule has 188 valence electrons. The molecule has 11 nitrogen and oxygen atoms in total. The van der Waals surface area contributed by atoms with Crippen LogP contribution in [0.4, 0.5) is 5.69 Å². The highest BCUT2D eigenvalue weighted by molar-refractivity contribution is 6.25. The van der Waals surface area contributed by atoms with E-state index in [1.165, 1.54) is 7.05 Å². The number of imide groups is 1. The molecule has 0 saturated heterocycles. The number of fused-ring (bicyclic) bond motifs is 1. The third-order valence-electron chi connectivity index (χ3n) is 5.17. The van der Waals surface area contributed by atoms with Gasteiger partial charge in [0.2, 0.25) is 5.91 Å². The van der Waals surface area contributed by atoms with E-state index >= 15 is 0 Å². The van der Waals surface area contributed by atoms with Gasteiger partial charge in [0.1, 0.15) is 12.3 Å². The van der Waals surface area contributed by atoms with Crippen molar-refractivity contribution in [2.24, 2.45) is 0 Å². The third kappa shape index (κ3) is 7.59. The fourth-order valence-corrected chi connectivity index (χ4v) is 3.48. The Kier molecular flexibility index (Phi) is 12.2. The monoisotopic (exact) mass is 478 g/mol. The number of carbonyl (C=O) groups excluding carboxylic acids is 4. The Labute approximate surface area is 199 Å². The molecule has 0 bridgehead atoms. The Hall–Kier alpha value is -2.86. The summed E-state index contributed by atoms with van der Waals surface area (Å²) < 4.78 is 16.3. The second-order valence-electron chi connectivity index (χ2n) is 7.45. The molecule has 1 heterocycles. The number of amides is 3. The lowest BCUT2D eigenvalue weighted by molar-refractivity contribution is -0.124. The number of likely N-dealkylation sites (N-methyl/N-ethyl adjacent to an activating group) is 2. The van der Waals surface area contributed by atoms with Crippen LogP contribution in [0.1, 0.15) is 33.6 Å². The molecule has 3 amide bonds. The molecule has 34 heavy (non-hydrogen) atoms. The molecule has 1 aromatic carbocycles. The number of rotatable bonds is 18. The van der Waals surface area contributed by atoms with Gasteiger partial charge in [0.15, 0.2) is 0 Å². The molecule has 1 aromatic rings. The van der Waals surface area contributed by atoms with Gasteiger partial charge in [-0.1, -0.05) is 6.07 Å². The summed E-state index contributed by atoms with van der Waals surface area (Å²) in [6, 6.07) is 3.87. The minimum Gasteiger partial charge on any atom is -0.382 e. The van der Waals surface area contributed by atoms with Crippen molar-refractivity contribution in [3.05, 3.63) is 29.3 Å². The molecule has 0 spiro atoms. The standard InChI is InChI=1S/C23H34N4O7/c1-24-8-11-32-13-15-34-16-14-33-12-9-26-18-6-3-5-17-20(18)23(31)27(22(17)30)19(7-4-10-28)21(29)25-2/h3,5-6,10,19,24,26H,4,7-9,11-16H2,1-2H3,(H,25,29). The van der Waals surface area contributed by atoms with Gasteiger partial charge in [-0.05, 0) is 25.6 Å². The first-order chi connectivity index (χ1) is 16.6. The molecular formula is C23H34N4O7. The average Bonchev–Trinajstić information content (AvgIpc) is 3.10. The van der Waals surface area contributed by atoms with Crippen molar-refractivity contribution in [3.63, 3.8) is 0 Å². The number of anilines is 1. The third-order valence-corrected chi connectivity index (χ3v) is 5.17. The van der Waals surface area contributed by atoms with Crippen LogP contribution >= 0.6 is 0 Å². The van der Waals surface area contributed by atoms with Crippen molar-refractivity contribution < 1.29 is 33.4 Å². The van der Waals surface area contributed by atoms with E-state index in [4.69, 9.17) is 14.2 Å². The Bertz CT molecular complexity index is 834. The zero-order valence-electron chi connectivity index (χ0n) is 19.8. The molecule has 0 aliphatic carbocycles. The summed E-state index contributed by atoms with van der Waals surface area (Å²) in [7, 11) is 3.29. The maximum Gasteiger partial charge on any atom is 0.264 e. The van der Waals surface area contributed by atoms with Gasteiger partial charge in [0.05, 0.1) is 50.8 Å². The number of hydrogen-bond donors (Lipinski definition) is 3. The zero-order chi connectivity index (χ0) is 24.8. The van der Waals surface area contributed by atoms with Gasteiger partial charge in [-0.3, -0.25) is 19.3 Å². The van der Waals surface area contributed by atoms with E-state index in [-0.39, 0.29) is 24.0 Å². The quantitative estimate of drug-likeness (QED) is 0.152. The van der Waals surface area contributed by atoms with Gasteiger partial charge in [0.25, 0.3) is 11.8 Å². The lowest BCUT2D eigenvalue weighted by atomic mass is 10.1. The van der Waals surface area contributed by atoms with Crippen LogP contribution in [-0.2, 0) is 23.8 Å². The largest absolute Gasteiger partial charge is 0.382 e. The summed E-state index contributed by atoms with van der Waals surface area (Å²) in [6.07, 6.45) is 0.779. The van der Waals surface area contributed by atoms with Crippen LogP contribution in [0.15, 0.2) is 18.2 Å². The molecule has 11 heteroatoms. The highest BCUT2D eigenvalue weighted by Crippen LogP contribution is 2.31. The fraction of sp³-hybridized carbons (Fsp3) is 0.565. The van der Waals surface area contributed by atoms with Crippen molar-refractivity contribution in [2.45, 2.75) is 18.9 Å². The second-order valence-corrected chi connectivity index (χ2v) is 7.45. The van der Waals surface area contributed by atoms with E-state index < -0.39 is 23.8 Å². The van der Waals surface area contributed by atoms with Crippen LogP contribution in [0.5, 0.6) is 0 Å². The van der Waals surface area contributed by atoms with E-state index in [9.17, 15) is 19.2 Å². The van der Waals surface area contributed by atoms with E-state index in [0.717, 1.165) is 11.4 Å². The van der Waals surface area contributed by atoms with Crippen LogP contribution in [0.25, 0.3) is 0 Å². The molecule has 1 aliphatic rings. The number of aldehydes is 1. The minimum absolute atomic E-state index is 0.0566. The van der Waals surface area contributed by atoms with Crippen LogP contribution in [0.2, 0.25) is 0 Å². The second kappa shape index (κ2) is 15.1. The highest BCUT2D eigenvalue weighted by atomic mass is 16.5. The van der Waals surface area contributed by atoms with Crippen molar-refractivity contribution in [3.8, 4) is 0 Å². The summed E-state index contributed by atoms with van der Waals surface area (Å²) >= 11 is 0. The smallest absolute Gasteiger partial charge is 0.264 e. The Balaban J connectivity index is 1.83. The van der Waals surface area contributed by atoms with Crippen molar-refractivity contribution in [1.29, 1.82) is 0 Å². The van der Waals surface area contributed by atoms with Gasteiger partial charge in [-0.25, -0.2) is 0 Å². The number of carbonyl (C=O) groups is 4. The molecule has 1 unspecified atom stereocenters. The fourth-order valence-electron chi connectivity index (χ4n) is 3.48. The van der Waals surface area contributed by atoms with E-state index in [1.54, 1.807) is 18.2 Å². The molecule has 3 N–H and O–H groups in total. The van der Waals surface area contributed by atoms with Gasteiger partial charge in [-0.2, -0.15) is 0 Å². The van der Waals surface area contributed by atoms with Crippen LogP contribution in [-0.4, -0.2) is 102 Å². The first-order valence-corrected chi connectivity index (χ1v) is 11.3. The number of ether oxygens (including phenoxy) is 3. The van der Waals surface area contributed by atoms with Crippen LogP contribution in [0, 0.1) is 0 Å². The molecule has 0 aromatic heterocycles. The Morgan fingerprint density at radius 2 is 1.62 bits per heavy atom. The van der Waals surface area contributed by atoms with Crippen molar-refractivity contribution in [2.75, 3.05) is 72.1 Å². The molecular weight excluding hydrogens is 444 g/mol. The summed E-state index contributed by atoms with van der Waals surface area (Å²) in [4.78, 5) is 50.1. The topological polar surface area (TPSA) is 135 Å². The summed E-state index contributed by atoms with van der Waals surface area (Å²) in [5.74, 6) is -1.61. The molecule has 0 saturated carbocycles. The molecule has 0 fully saturated rings. The maximum absolute atomic E-state index is 13.1. The van der Waals surface area contributed by atoms with E-state index in [2.05, 4.69) is 16.0 Å². The molecule has 1 atom stereocenters. The predicted octanol–water partition coefficient (Wildman–Crippen LogP) is 0.0574. The molecule has 1 aliphatic heterocycles. The lowest BCUT2D eigenvalue weighted by Crippen LogP contribution is -2.48. The normalized spacial score (nSPS) is 13.6. The van der Waals surface area contributed by atoms with Gasteiger partial charge < -0.3 is 35.0 Å². The predicted molar refractivity (Wildman–Crippen MR) is 125 cm³/mol. The Morgan fingerprint density at radius 1 is 0.971 bits per heavy atom. The first-order valence-electron chi connectivity index (χ1n) is 11.3. The number of nitrogens with zero attached hydrogens (tertiary/aromatic N) is 1. The zero-order valence-corrected chi connectivity index (χ0v) is 19.8. The average molecular weight is 479 g/mol. The van der Waals surface area contributed by atoms with E-state index in [0.29, 0.717) is 58.2 Å². The van der Waals surface area contributed by atoms with Gasteiger partial charge in [0, 0.05) is 32.2 Å². The Morgan fingerprint density at radius 3 is 2.24 bits per heavy atom. The molecule has 2 rings (SSSR count). The van der Waals surface area contributed by atoms with E-state index in [1.807, 2.05) is 7.05 Å². The molecule has 0 radical (unpaired) electrons. The van der Waals surface area contributed by atoms with Gasteiger partial charge >= 0.3 is 0 Å². The lowest BCUT2D eigenvalue weighted by Gasteiger charge is -2.24. The van der Waals surface area contributed by atoms with Crippen LogP contribution in [0.3, 0.4) is 0 Å². The number of hydrogen-bond acceptors (Lipinski definition) is 9. The van der Waals surface area contributed by atoms with Gasteiger partial charge in [-0.15, -0.1) is 0 Å². The number of nitrogens with one attached hydrogen (secondary N) is 3. The van der Waals surface area contributed by atoms with Crippen molar-refractivity contribution >= 4 is 29.7 Å². The minimum atomic E-state index is -1.05. The van der Waals surface area contributed by atoms with Crippen LogP contribution < -0.4 is 16.0 Å². The number of benzene rings is 1. The SMILES string of the molecule is CNCCOCCOCCOCCNc1cccc2c1C(=O)N(C(CCC=O)C(=O)NC)C2=O. The highest BCUT2D eigenvalue weighted by Gasteiger charge is 2.43. The summed E-state index contributed by atoms with van der Waals surface area (Å²) in [5, 5.41) is 8.58.